The van der Waals surface area contributed by atoms with Gasteiger partial charge in [-0.3, -0.25) is 0 Å². The van der Waals surface area contributed by atoms with Gasteiger partial charge in [-0.2, -0.15) is 0 Å². The summed E-state index contributed by atoms with van der Waals surface area (Å²) in [5.41, 5.74) is 1.16. The maximum atomic E-state index is 5.09. The van der Waals surface area contributed by atoms with Gasteiger partial charge in [0.1, 0.15) is 5.82 Å². The SMILES string of the molecule is COCC(Br)CN(C)c1ncc(Br)cc1C. The standard InChI is InChI=1S/C11H16Br2N2O/c1-8-4-9(12)5-14-11(8)15(2)6-10(13)7-16-3/h4-5,10H,6-7H2,1-3H3. The van der Waals surface area contributed by atoms with Crippen molar-refractivity contribution in [3.8, 4) is 0 Å². The van der Waals surface area contributed by atoms with E-state index in [1.165, 1.54) is 0 Å². The van der Waals surface area contributed by atoms with E-state index in [2.05, 4.69) is 54.7 Å². The van der Waals surface area contributed by atoms with E-state index in [-0.39, 0.29) is 0 Å². The molecule has 5 heteroatoms. The van der Waals surface area contributed by atoms with Crippen LogP contribution in [-0.2, 0) is 4.74 Å². The molecule has 1 aromatic heterocycles. The molecule has 0 N–H and O–H groups in total. The molecule has 1 unspecified atom stereocenters. The van der Waals surface area contributed by atoms with Crippen LogP contribution in [0.15, 0.2) is 16.7 Å². The Labute approximate surface area is 113 Å². The first kappa shape index (κ1) is 13.9. The third kappa shape index (κ3) is 4.03. The van der Waals surface area contributed by atoms with Gasteiger partial charge in [0, 0.05) is 31.4 Å². The third-order valence-corrected chi connectivity index (χ3v) is 3.19. The van der Waals surface area contributed by atoms with Crippen LogP contribution in [0.3, 0.4) is 0 Å². The molecule has 90 valence electrons. The van der Waals surface area contributed by atoms with Crippen molar-refractivity contribution >= 4 is 37.7 Å². The Morgan fingerprint density at radius 3 is 2.81 bits per heavy atom. The van der Waals surface area contributed by atoms with E-state index in [9.17, 15) is 0 Å². The molecule has 0 saturated heterocycles. The molecule has 0 aliphatic carbocycles. The van der Waals surface area contributed by atoms with Crippen LogP contribution in [0.2, 0.25) is 0 Å². The predicted octanol–water partition coefficient (Wildman–Crippen LogP) is 3.00. The number of hydrogen-bond acceptors (Lipinski definition) is 3. The predicted molar refractivity (Wildman–Crippen MR) is 74.5 cm³/mol. The van der Waals surface area contributed by atoms with Crippen molar-refractivity contribution in [3.05, 3.63) is 22.3 Å². The Kier molecular flexibility index (Phi) is 5.72. The summed E-state index contributed by atoms with van der Waals surface area (Å²) in [6.07, 6.45) is 1.82. The van der Waals surface area contributed by atoms with Crippen LogP contribution >= 0.6 is 31.9 Å². The normalized spacial score (nSPS) is 12.6. The van der Waals surface area contributed by atoms with E-state index in [0.29, 0.717) is 11.4 Å². The first-order valence-corrected chi connectivity index (χ1v) is 6.71. The van der Waals surface area contributed by atoms with Crippen molar-refractivity contribution in [2.45, 2.75) is 11.8 Å². The van der Waals surface area contributed by atoms with E-state index >= 15 is 0 Å². The number of alkyl halides is 1. The van der Waals surface area contributed by atoms with Crippen molar-refractivity contribution in [1.82, 2.24) is 4.98 Å². The highest BCUT2D eigenvalue weighted by molar-refractivity contribution is 9.10. The van der Waals surface area contributed by atoms with Crippen LogP contribution in [0, 0.1) is 6.92 Å². The Morgan fingerprint density at radius 2 is 2.25 bits per heavy atom. The minimum atomic E-state index is 0.312. The first-order chi connectivity index (χ1) is 7.54. The van der Waals surface area contributed by atoms with Gasteiger partial charge in [-0.25, -0.2) is 4.98 Å². The molecule has 0 saturated carbocycles. The van der Waals surface area contributed by atoms with Crippen molar-refractivity contribution in [3.63, 3.8) is 0 Å². The van der Waals surface area contributed by atoms with Gasteiger partial charge in [0.25, 0.3) is 0 Å². The van der Waals surface area contributed by atoms with E-state index in [0.717, 1.165) is 22.4 Å². The summed E-state index contributed by atoms with van der Waals surface area (Å²) in [6.45, 7) is 3.62. The molecule has 1 heterocycles. The Bertz CT molecular complexity index is 347. The van der Waals surface area contributed by atoms with Crippen LogP contribution in [0.5, 0.6) is 0 Å². The molecular weight excluding hydrogens is 336 g/mol. The first-order valence-electron chi connectivity index (χ1n) is 5.01. The Balaban J connectivity index is 2.69. The van der Waals surface area contributed by atoms with E-state index < -0.39 is 0 Å². The number of aryl methyl sites for hydroxylation is 1. The molecule has 0 aliphatic heterocycles. The van der Waals surface area contributed by atoms with Crippen LogP contribution in [0.25, 0.3) is 0 Å². The van der Waals surface area contributed by atoms with Gasteiger partial charge >= 0.3 is 0 Å². The lowest BCUT2D eigenvalue weighted by molar-refractivity contribution is 0.201. The number of aromatic nitrogens is 1. The fourth-order valence-corrected chi connectivity index (χ4v) is 2.69. The topological polar surface area (TPSA) is 25.4 Å². The minimum Gasteiger partial charge on any atom is -0.383 e. The maximum Gasteiger partial charge on any atom is 0.131 e. The van der Waals surface area contributed by atoms with Gasteiger partial charge in [-0.05, 0) is 34.5 Å². The molecule has 0 bridgehead atoms. The monoisotopic (exact) mass is 350 g/mol. The number of anilines is 1. The van der Waals surface area contributed by atoms with E-state index in [1.54, 1.807) is 7.11 Å². The van der Waals surface area contributed by atoms with Crippen LogP contribution in [-0.4, -0.2) is 37.1 Å². The molecule has 1 rings (SSSR count). The number of halogens is 2. The molecule has 16 heavy (non-hydrogen) atoms. The summed E-state index contributed by atoms with van der Waals surface area (Å²) in [4.78, 5) is 6.85. The Hall–Kier alpha value is -0.130. The molecule has 0 spiro atoms. The number of hydrogen-bond donors (Lipinski definition) is 0. The highest BCUT2D eigenvalue weighted by Crippen LogP contribution is 2.20. The lowest BCUT2D eigenvalue weighted by Crippen LogP contribution is -2.29. The smallest absolute Gasteiger partial charge is 0.131 e. The van der Waals surface area contributed by atoms with Gasteiger partial charge in [-0.15, -0.1) is 0 Å². The van der Waals surface area contributed by atoms with Gasteiger partial charge in [0.15, 0.2) is 0 Å². The highest BCUT2D eigenvalue weighted by atomic mass is 79.9. The van der Waals surface area contributed by atoms with Crippen molar-refractivity contribution in [2.24, 2.45) is 0 Å². The Morgan fingerprint density at radius 1 is 1.56 bits per heavy atom. The molecule has 0 amide bonds. The number of rotatable bonds is 5. The van der Waals surface area contributed by atoms with Gasteiger partial charge in [-0.1, -0.05) is 15.9 Å². The zero-order valence-corrected chi connectivity index (χ0v) is 12.9. The summed E-state index contributed by atoms with van der Waals surface area (Å²) in [7, 11) is 3.74. The third-order valence-electron chi connectivity index (χ3n) is 2.20. The number of pyridine rings is 1. The van der Waals surface area contributed by atoms with Crippen LogP contribution in [0.1, 0.15) is 5.56 Å². The average molecular weight is 352 g/mol. The van der Waals surface area contributed by atoms with E-state index in [4.69, 9.17) is 4.74 Å². The zero-order chi connectivity index (χ0) is 12.1. The van der Waals surface area contributed by atoms with Crippen LogP contribution in [0.4, 0.5) is 5.82 Å². The molecular formula is C11H16Br2N2O. The average Bonchev–Trinajstić information content (AvgIpc) is 2.17. The highest BCUT2D eigenvalue weighted by Gasteiger charge is 2.11. The second-order valence-corrected chi connectivity index (χ2v) is 5.94. The summed E-state index contributed by atoms with van der Waals surface area (Å²) < 4.78 is 6.10. The zero-order valence-electron chi connectivity index (χ0n) is 9.70. The van der Waals surface area contributed by atoms with Crippen molar-refractivity contribution in [2.75, 3.05) is 32.2 Å². The largest absolute Gasteiger partial charge is 0.383 e. The molecule has 1 atom stereocenters. The molecule has 0 radical (unpaired) electrons. The minimum absolute atomic E-state index is 0.312. The lowest BCUT2D eigenvalue weighted by Gasteiger charge is -2.22. The maximum absolute atomic E-state index is 5.09. The summed E-state index contributed by atoms with van der Waals surface area (Å²) in [6, 6.07) is 2.07. The summed E-state index contributed by atoms with van der Waals surface area (Å²) in [5, 5.41) is 0. The molecule has 1 aromatic rings. The number of methoxy groups -OCH3 is 1. The van der Waals surface area contributed by atoms with E-state index in [1.807, 2.05) is 13.2 Å². The van der Waals surface area contributed by atoms with Gasteiger partial charge < -0.3 is 9.64 Å². The fourth-order valence-electron chi connectivity index (χ4n) is 1.55. The molecule has 0 aliphatic rings. The van der Waals surface area contributed by atoms with Crippen molar-refractivity contribution in [1.29, 1.82) is 0 Å². The molecule has 0 aromatic carbocycles. The van der Waals surface area contributed by atoms with Crippen LogP contribution < -0.4 is 4.90 Å². The quantitative estimate of drug-likeness (QED) is 0.762. The second kappa shape index (κ2) is 6.57. The van der Waals surface area contributed by atoms with Gasteiger partial charge in [0.2, 0.25) is 0 Å². The molecule has 3 nitrogen and oxygen atoms in total. The molecule has 0 fully saturated rings. The lowest BCUT2D eigenvalue weighted by atomic mass is 10.2. The summed E-state index contributed by atoms with van der Waals surface area (Å²) >= 11 is 6.98. The fraction of sp³-hybridized carbons (Fsp3) is 0.545. The second-order valence-electron chi connectivity index (χ2n) is 3.73. The summed E-state index contributed by atoms with van der Waals surface area (Å²) in [5.74, 6) is 1.00. The van der Waals surface area contributed by atoms with Crippen molar-refractivity contribution < 1.29 is 4.74 Å². The number of ether oxygens (including phenoxy) is 1. The van der Waals surface area contributed by atoms with Gasteiger partial charge in [0.05, 0.1) is 11.4 Å². The number of nitrogens with zero attached hydrogens (tertiary/aromatic N) is 2.